The Balaban J connectivity index is 1.52. The zero-order valence-electron chi connectivity index (χ0n) is 23.5. The summed E-state index contributed by atoms with van der Waals surface area (Å²) in [6.07, 6.45) is -0.909. The van der Waals surface area contributed by atoms with Crippen molar-refractivity contribution in [3.05, 3.63) is 107 Å². The molecule has 5 rings (SSSR count). The molecular formula is C34H36O6. The molecule has 4 aromatic rings. The van der Waals surface area contributed by atoms with Crippen LogP contribution in [0.15, 0.2) is 84.9 Å². The first kappa shape index (κ1) is 27.6. The van der Waals surface area contributed by atoms with Gasteiger partial charge in [-0.1, -0.05) is 60.7 Å². The Kier molecular flexibility index (Phi) is 8.89. The third-order valence-electron chi connectivity index (χ3n) is 6.87. The zero-order chi connectivity index (χ0) is 27.9. The van der Waals surface area contributed by atoms with Crippen molar-refractivity contribution in [1.82, 2.24) is 0 Å². The molecule has 40 heavy (non-hydrogen) atoms. The highest BCUT2D eigenvalue weighted by Crippen LogP contribution is 2.50. The van der Waals surface area contributed by atoms with Crippen LogP contribution in [0.25, 0.3) is 11.1 Å². The second-order valence-corrected chi connectivity index (χ2v) is 9.99. The fraction of sp³-hybridized carbons (Fsp3) is 0.294. The quantitative estimate of drug-likeness (QED) is 0.217. The van der Waals surface area contributed by atoms with Crippen molar-refractivity contribution >= 4 is 0 Å². The largest absolute Gasteiger partial charge is 0.496 e. The molecule has 4 aromatic carbocycles. The van der Waals surface area contributed by atoms with Gasteiger partial charge in [0.2, 0.25) is 0 Å². The first-order chi connectivity index (χ1) is 19.6. The summed E-state index contributed by atoms with van der Waals surface area (Å²) in [7, 11) is 3.32. The molecule has 0 saturated carbocycles. The van der Waals surface area contributed by atoms with Crippen molar-refractivity contribution in [3.63, 3.8) is 0 Å². The van der Waals surface area contributed by atoms with Gasteiger partial charge in [-0.2, -0.15) is 0 Å². The van der Waals surface area contributed by atoms with Gasteiger partial charge in [-0.25, -0.2) is 0 Å². The molecule has 0 bridgehead atoms. The Bertz CT molecular complexity index is 1290. The molecule has 208 valence electrons. The smallest absolute Gasteiger partial charge is 0.161 e. The average molecular weight is 541 g/mol. The van der Waals surface area contributed by atoms with Crippen LogP contribution in [0.1, 0.15) is 22.3 Å². The van der Waals surface area contributed by atoms with E-state index in [1.54, 1.807) is 14.2 Å². The predicted octanol–water partition coefficient (Wildman–Crippen LogP) is 6.93. The Morgan fingerprint density at radius 2 is 0.975 bits per heavy atom. The van der Waals surface area contributed by atoms with Crippen LogP contribution < -0.4 is 18.9 Å². The van der Waals surface area contributed by atoms with Gasteiger partial charge in [-0.05, 0) is 60.4 Å². The number of hydrogen-bond donors (Lipinski definition) is 0. The van der Waals surface area contributed by atoms with Crippen LogP contribution in [-0.4, -0.2) is 39.6 Å². The number of rotatable bonds is 10. The fourth-order valence-corrected chi connectivity index (χ4v) is 4.94. The van der Waals surface area contributed by atoms with Crippen molar-refractivity contribution in [3.8, 4) is 34.1 Å². The molecule has 1 aliphatic rings. The van der Waals surface area contributed by atoms with E-state index in [1.807, 2.05) is 98.8 Å². The molecule has 0 N–H and O–H groups in total. The van der Waals surface area contributed by atoms with Crippen LogP contribution in [0.2, 0.25) is 0 Å². The van der Waals surface area contributed by atoms with E-state index in [0.717, 1.165) is 33.4 Å². The Morgan fingerprint density at radius 3 is 1.35 bits per heavy atom. The van der Waals surface area contributed by atoms with Crippen molar-refractivity contribution in [2.75, 3.05) is 27.4 Å². The molecule has 0 saturated heterocycles. The topological polar surface area (TPSA) is 55.4 Å². The summed E-state index contributed by atoms with van der Waals surface area (Å²) in [5.41, 5.74) is 5.80. The SMILES string of the molecule is COc1cc(C)cc2c1-c1c(OC)cc(C)cc1O[C@H](COCc1ccccc1)[C@@H](COCc1ccccc1)O2. The van der Waals surface area contributed by atoms with E-state index in [4.69, 9.17) is 28.4 Å². The number of hydrogen-bond acceptors (Lipinski definition) is 6. The summed E-state index contributed by atoms with van der Waals surface area (Å²) in [5.74, 6) is 2.74. The standard InChI is InChI=1S/C34H36O6/c1-23-15-27(35-3)33-29(17-23)39-31(21-37-19-25-11-7-5-8-12-25)32(22-38-20-26-13-9-6-10-14-26)40-30-18-24(2)16-28(36-4)34(30)33/h5-18,31-32H,19-22H2,1-4H3/t31-,32-/m1/s1. The lowest BCUT2D eigenvalue weighted by atomic mass is 9.97. The van der Waals surface area contributed by atoms with Gasteiger partial charge in [0.25, 0.3) is 0 Å². The molecule has 0 aliphatic carbocycles. The van der Waals surface area contributed by atoms with Crippen LogP contribution in [-0.2, 0) is 22.7 Å². The van der Waals surface area contributed by atoms with Gasteiger partial charge in [-0.15, -0.1) is 0 Å². The Labute approximate surface area is 236 Å². The van der Waals surface area contributed by atoms with E-state index in [2.05, 4.69) is 0 Å². The number of benzene rings is 4. The third kappa shape index (κ3) is 6.41. The van der Waals surface area contributed by atoms with Gasteiger partial charge >= 0.3 is 0 Å². The van der Waals surface area contributed by atoms with E-state index >= 15 is 0 Å². The highest BCUT2D eigenvalue weighted by Gasteiger charge is 2.34. The van der Waals surface area contributed by atoms with Crippen LogP contribution in [0.4, 0.5) is 0 Å². The van der Waals surface area contributed by atoms with E-state index in [1.165, 1.54) is 0 Å². The molecule has 0 amide bonds. The van der Waals surface area contributed by atoms with E-state index in [9.17, 15) is 0 Å². The van der Waals surface area contributed by atoms with Crippen LogP contribution in [0.5, 0.6) is 23.0 Å². The number of methoxy groups -OCH3 is 2. The molecule has 1 aliphatic heterocycles. The van der Waals surface area contributed by atoms with Crippen LogP contribution in [0.3, 0.4) is 0 Å². The van der Waals surface area contributed by atoms with Crippen LogP contribution in [0, 0.1) is 13.8 Å². The molecule has 1 heterocycles. The van der Waals surface area contributed by atoms with Crippen molar-refractivity contribution in [1.29, 1.82) is 0 Å². The highest BCUT2D eigenvalue weighted by atomic mass is 16.6. The van der Waals surface area contributed by atoms with Gasteiger partial charge in [0.15, 0.2) is 12.2 Å². The third-order valence-corrected chi connectivity index (χ3v) is 6.87. The summed E-state index contributed by atoms with van der Waals surface area (Å²) >= 11 is 0. The van der Waals surface area contributed by atoms with Gasteiger partial charge in [-0.3, -0.25) is 0 Å². The molecule has 0 unspecified atom stereocenters. The number of ether oxygens (including phenoxy) is 6. The highest BCUT2D eigenvalue weighted by molar-refractivity contribution is 5.86. The Hall–Kier alpha value is -4.00. The molecule has 6 nitrogen and oxygen atoms in total. The van der Waals surface area contributed by atoms with Gasteiger partial charge in [0.05, 0.1) is 51.8 Å². The molecule has 6 heteroatoms. The minimum absolute atomic E-state index is 0.308. The zero-order valence-corrected chi connectivity index (χ0v) is 23.5. The minimum Gasteiger partial charge on any atom is -0.496 e. The molecule has 0 fully saturated rings. The summed E-state index contributed by atoms with van der Waals surface area (Å²) in [6, 6.07) is 28.2. The molecule has 2 atom stereocenters. The van der Waals surface area contributed by atoms with Crippen molar-refractivity contribution in [2.24, 2.45) is 0 Å². The number of fused-ring (bicyclic) bond motifs is 3. The Morgan fingerprint density at radius 1 is 0.575 bits per heavy atom. The van der Waals surface area contributed by atoms with E-state index < -0.39 is 12.2 Å². The second-order valence-electron chi connectivity index (χ2n) is 9.99. The monoisotopic (exact) mass is 540 g/mol. The van der Waals surface area contributed by atoms with E-state index in [0.29, 0.717) is 49.4 Å². The van der Waals surface area contributed by atoms with Crippen LogP contribution >= 0.6 is 0 Å². The van der Waals surface area contributed by atoms with Gasteiger partial charge in [0, 0.05) is 0 Å². The fourth-order valence-electron chi connectivity index (χ4n) is 4.94. The normalized spacial score (nSPS) is 16.0. The summed E-state index contributed by atoms with van der Waals surface area (Å²) in [6.45, 7) is 5.59. The maximum Gasteiger partial charge on any atom is 0.161 e. The second kappa shape index (κ2) is 12.9. The average Bonchev–Trinajstić information content (AvgIpc) is 2.96. The van der Waals surface area contributed by atoms with Crippen molar-refractivity contribution < 1.29 is 28.4 Å². The molecule has 0 radical (unpaired) electrons. The summed E-state index contributed by atoms with van der Waals surface area (Å²) in [5, 5.41) is 0. The lowest BCUT2D eigenvalue weighted by Crippen LogP contribution is -2.44. The molecule has 0 aromatic heterocycles. The molecule has 0 spiro atoms. The summed E-state index contributed by atoms with van der Waals surface area (Å²) < 4.78 is 37.5. The van der Waals surface area contributed by atoms with Crippen molar-refractivity contribution in [2.45, 2.75) is 39.3 Å². The minimum atomic E-state index is -0.454. The van der Waals surface area contributed by atoms with E-state index in [-0.39, 0.29) is 0 Å². The lowest BCUT2D eigenvalue weighted by Gasteiger charge is -2.33. The van der Waals surface area contributed by atoms with Gasteiger partial charge in [0.1, 0.15) is 23.0 Å². The van der Waals surface area contributed by atoms with Gasteiger partial charge < -0.3 is 28.4 Å². The molecular weight excluding hydrogens is 504 g/mol. The predicted molar refractivity (Wildman–Crippen MR) is 155 cm³/mol. The summed E-state index contributed by atoms with van der Waals surface area (Å²) in [4.78, 5) is 0. The lowest BCUT2D eigenvalue weighted by molar-refractivity contribution is -0.0553. The maximum absolute atomic E-state index is 6.73. The first-order valence-electron chi connectivity index (χ1n) is 13.5. The maximum atomic E-state index is 6.73. The number of aryl methyl sites for hydroxylation is 2. The first-order valence-corrected chi connectivity index (χ1v) is 13.5.